The van der Waals surface area contributed by atoms with Crippen molar-refractivity contribution in [2.24, 2.45) is 5.92 Å². The fourth-order valence-corrected chi connectivity index (χ4v) is 3.75. The third kappa shape index (κ3) is 4.21. The van der Waals surface area contributed by atoms with Gasteiger partial charge in [-0.15, -0.1) is 0 Å². The molecule has 139 valence electrons. The van der Waals surface area contributed by atoms with Crippen LogP contribution in [0.25, 0.3) is 6.08 Å². The minimum atomic E-state index is -0.389. The van der Waals surface area contributed by atoms with Crippen LogP contribution in [0.5, 0.6) is 5.75 Å². The smallest absolute Gasteiger partial charge is 0.255 e. The summed E-state index contributed by atoms with van der Waals surface area (Å²) in [6, 6.07) is 12.5. The van der Waals surface area contributed by atoms with E-state index in [1.165, 1.54) is 43.7 Å². The first-order chi connectivity index (χ1) is 13.2. The summed E-state index contributed by atoms with van der Waals surface area (Å²) < 4.78 is 19.4. The average Bonchev–Trinajstić information content (AvgIpc) is 2.70. The lowest BCUT2D eigenvalue weighted by atomic mass is 9.85. The standard InChI is InChI=1S/C23H23FNO2/c24-21-7-4-8-22-20(21)14-18(15-27-22)23(26)25-19-11-9-17(10-12-19)13-16-5-2-1-3-6-16/h4,7-14,16H,1-3,5-6,15H2,(H,25,26). The van der Waals surface area contributed by atoms with Gasteiger partial charge in [-0.05, 0) is 61.1 Å². The highest BCUT2D eigenvalue weighted by Gasteiger charge is 2.20. The molecule has 4 rings (SSSR count). The number of anilines is 1. The molecule has 0 saturated heterocycles. The number of hydrogen-bond acceptors (Lipinski definition) is 2. The Morgan fingerprint density at radius 2 is 1.85 bits per heavy atom. The topological polar surface area (TPSA) is 38.3 Å². The van der Waals surface area contributed by atoms with Crippen molar-refractivity contribution in [1.29, 1.82) is 0 Å². The maximum Gasteiger partial charge on any atom is 0.255 e. The molecule has 0 atom stereocenters. The molecule has 0 unspecified atom stereocenters. The normalized spacial score (nSPS) is 16.9. The molecule has 2 aromatic rings. The van der Waals surface area contributed by atoms with E-state index >= 15 is 0 Å². The number of fused-ring (bicyclic) bond motifs is 1. The SMILES string of the molecule is O=C(Nc1ccc([CH]C2CCCCC2)cc1)C1=Cc2c(F)cccc2OC1. The van der Waals surface area contributed by atoms with Crippen molar-refractivity contribution in [1.82, 2.24) is 0 Å². The summed E-state index contributed by atoms with van der Waals surface area (Å²) in [4.78, 5) is 12.5. The van der Waals surface area contributed by atoms with Gasteiger partial charge in [-0.2, -0.15) is 0 Å². The number of amides is 1. The number of halogens is 1. The maximum atomic E-state index is 13.9. The summed E-state index contributed by atoms with van der Waals surface area (Å²) in [5.74, 6) is 0.473. The summed E-state index contributed by atoms with van der Waals surface area (Å²) in [6.45, 7) is 0.135. The van der Waals surface area contributed by atoms with Crippen LogP contribution in [0.4, 0.5) is 10.1 Å². The molecule has 1 heterocycles. The molecular weight excluding hydrogens is 341 g/mol. The number of carbonyl (C=O) groups is 1. The summed E-state index contributed by atoms with van der Waals surface area (Å²) in [5, 5.41) is 2.87. The second-order valence-corrected chi connectivity index (χ2v) is 7.25. The molecule has 1 radical (unpaired) electrons. The van der Waals surface area contributed by atoms with Gasteiger partial charge in [0.25, 0.3) is 5.91 Å². The quantitative estimate of drug-likeness (QED) is 0.792. The van der Waals surface area contributed by atoms with Crippen LogP contribution in [-0.2, 0) is 4.79 Å². The summed E-state index contributed by atoms with van der Waals surface area (Å²) in [5.41, 5.74) is 2.65. The second kappa shape index (κ2) is 7.95. The fourth-order valence-electron chi connectivity index (χ4n) is 3.75. The van der Waals surface area contributed by atoms with Crippen LogP contribution in [0.3, 0.4) is 0 Å². The van der Waals surface area contributed by atoms with Crippen molar-refractivity contribution in [2.45, 2.75) is 32.1 Å². The van der Waals surface area contributed by atoms with Gasteiger partial charge in [0.05, 0.1) is 11.1 Å². The summed E-state index contributed by atoms with van der Waals surface area (Å²) in [7, 11) is 0. The monoisotopic (exact) mass is 364 g/mol. The van der Waals surface area contributed by atoms with Crippen molar-refractivity contribution in [3.63, 3.8) is 0 Å². The Hall–Kier alpha value is -2.62. The average molecular weight is 364 g/mol. The molecule has 0 bridgehead atoms. The van der Waals surface area contributed by atoms with Gasteiger partial charge in [0.1, 0.15) is 18.2 Å². The minimum Gasteiger partial charge on any atom is -0.488 e. The Balaban J connectivity index is 1.40. The lowest BCUT2D eigenvalue weighted by Gasteiger charge is -2.21. The number of carbonyl (C=O) groups excluding carboxylic acids is 1. The highest BCUT2D eigenvalue weighted by atomic mass is 19.1. The van der Waals surface area contributed by atoms with Crippen LogP contribution in [0.15, 0.2) is 48.0 Å². The van der Waals surface area contributed by atoms with Gasteiger partial charge < -0.3 is 10.1 Å². The first-order valence-electron chi connectivity index (χ1n) is 9.57. The van der Waals surface area contributed by atoms with Crippen LogP contribution in [0.1, 0.15) is 43.2 Å². The van der Waals surface area contributed by atoms with Crippen molar-refractivity contribution in [3.05, 3.63) is 71.4 Å². The molecule has 0 aromatic heterocycles. The molecular formula is C23H23FNO2. The van der Waals surface area contributed by atoms with E-state index in [1.54, 1.807) is 18.2 Å². The van der Waals surface area contributed by atoms with Crippen molar-refractivity contribution >= 4 is 17.7 Å². The van der Waals surface area contributed by atoms with Gasteiger partial charge in [-0.1, -0.05) is 37.5 Å². The van der Waals surface area contributed by atoms with Gasteiger partial charge in [0.15, 0.2) is 0 Å². The van der Waals surface area contributed by atoms with Gasteiger partial charge in [-0.3, -0.25) is 4.79 Å². The molecule has 27 heavy (non-hydrogen) atoms. The van der Waals surface area contributed by atoms with E-state index in [9.17, 15) is 9.18 Å². The van der Waals surface area contributed by atoms with E-state index in [4.69, 9.17) is 4.74 Å². The van der Waals surface area contributed by atoms with Gasteiger partial charge in [0, 0.05) is 5.69 Å². The van der Waals surface area contributed by atoms with Gasteiger partial charge >= 0.3 is 0 Å². The minimum absolute atomic E-state index is 0.135. The second-order valence-electron chi connectivity index (χ2n) is 7.25. The number of rotatable bonds is 4. The van der Waals surface area contributed by atoms with E-state index in [-0.39, 0.29) is 18.3 Å². The highest BCUT2D eigenvalue weighted by molar-refractivity contribution is 6.07. The first-order valence-corrected chi connectivity index (χ1v) is 9.57. The van der Waals surface area contributed by atoms with Crippen molar-refractivity contribution < 1.29 is 13.9 Å². The molecule has 0 spiro atoms. The molecule has 1 saturated carbocycles. The largest absolute Gasteiger partial charge is 0.488 e. The Morgan fingerprint density at radius 1 is 1.07 bits per heavy atom. The zero-order valence-corrected chi connectivity index (χ0v) is 15.2. The van der Waals surface area contributed by atoms with E-state index in [0.717, 1.165) is 5.69 Å². The van der Waals surface area contributed by atoms with Gasteiger partial charge in [0.2, 0.25) is 0 Å². The van der Waals surface area contributed by atoms with E-state index in [1.807, 2.05) is 24.3 Å². The van der Waals surface area contributed by atoms with Crippen molar-refractivity contribution in [3.8, 4) is 5.75 Å². The fraction of sp³-hybridized carbons (Fsp3) is 0.304. The molecule has 1 aliphatic heterocycles. The van der Waals surface area contributed by atoms with Crippen LogP contribution >= 0.6 is 0 Å². The Kier molecular flexibility index (Phi) is 5.23. The molecule has 1 aliphatic carbocycles. The van der Waals surface area contributed by atoms with Gasteiger partial charge in [-0.25, -0.2) is 4.39 Å². The predicted molar refractivity (Wildman–Crippen MR) is 105 cm³/mol. The Morgan fingerprint density at radius 3 is 2.63 bits per heavy atom. The molecule has 3 nitrogen and oxygen atoms in total. The summed E-state index contributed by atoms with van der Waals surface area (Å²) >= 11 is 0. The third-order valence-corrected chi connectivity index (χ3v) is 5.25. The predicted octanol–water partition coefficient (Wildman–Crippen LogP) is 5.37. The van der Waals surface area contributed by atoms with Crippen LogP contribution < -0.4 is 10.1 Å². The molecule has 2 aliphatic rings. The lowest BCUT2D eigenvalue weighted by molar-refractivity contribution is -0.113. The Bertz CT molecular complexity index is 851. The van der Waals surface area contributed by atoms with E-state index in [2.05, 4.69) is 11.7 Å². The zero-order chi connectivity index (χ0) is 18.6. The third-order valence-electron chi connectivity index (χ3n) is 5.25. The lowest BCUT2D eigenvalue weighted by Crippen LogP contribution is -2.21. The number of benzene rings is 2. The zero-order valence-electron chi connectivity index (χ0n) is 15.2. The van der Waals surface area contributed by atoms with E-state index in [0.29, 0.717) is 22.8 Å². The molecule has 1 amide bonds. The Labute approximate surface area is 159 Å². The molecule has 4 heteroatoms. The molecule has 1 fully saturated rings. The first kappa shape index (κ1) is 17.8. The summed E-state index contributed by atoms with van der Waals surface area (Å²) in [6.07, 6.45) is 10.4. The highest BCUT2D eigenvalue weighted by Crippen LogP contribution is 2.30. The maximum absolute atomic E-state index is 13.9. The van der Waals surface area contributed by atoms with Crippen LogP contribution in [0.2, 0.25) is 0 Å². The van der Waals surface area contributed by atoms with E-state index < -0.39 is 0 Å². The molecule has 2 aromatic carbocycles. The number of ether oxygens (including phenoxy) is 1. The van der Waals surface area contributed by atoms with Crippen LogP contribution in [-0.4, -0.2) is 12.5 Å². The number of hydrogen-bond donors (Lipinski definition) is 1. The molecule has 1 N–H and O–H groups in total. The number of nitrogens with one attached hydrogen (secondary N) is 1. The van der Waals surface area contributed by atoms with Crippen LogP contribution in [0, 0.1) is 18.2 Å². The van der Waals surface area contributed by atoms with Crippen molar-refractivity contribution in [2.75, 3.05) is 11.9 Å².